The highest BCUT2D eigenvalue weighted by atomic mass is 16.2. The molecule has 0 spiro atoms. The fraction of sp³-hybridized carbons (Fsp3) is 0.304. The third-order valence-corrected chi connectivity index (χ3v) is 6.19. The molecule has 1 atom stereocenters. The molecule has 8 nitrogen and oxygen atoms in total. The summed E-state index contributed by atoms with van der Waals surface area (Å²) >= 11 is 0. The van der Waals surface area contributed by atoms with E-state index < -0.39 is 6.04 Å². The maximum atomic E-state index is 12.8. The van der Waals surface area contributed by atoms with E-state index >= 15 is 0 Å². The minimum Gasteiger partial charge on any atom is -0.353 e. The van der Waals surface area contributed by atoms with Gasteiger partial charge in [-0.2, -0.15) is 5.10 Å². The summed E-state index contributed by atoms with van der Waals surface area (Å²) in [6.45, 7) is 0. The number of nitrogens with one attached hydrogen (secondary N) is 3. The average molecular weight is 416 g/mol. The summed E-state index contributed by atoms with van der Waals surface area (Å²) in [7, 11) is 0. The lowest BCUT2D eigenvalue weighted by Crippen LogP contribution is -2.42. The predicted octanol–water partition coefficient (Wildman–Crippen LogP) is 3.15. The normalized spacial score (nSPS) is 17.3. The molecule has 3 heterocycles. The number of anilines is 1. The minimum atomic E-state index is -0.560. The standard InChI is InChI=1S/C23H24N6O2/c24-20(13-6-2-1-3-7-13)23(31)27-14-10-15-19-16(12-26-29-22(15)30)21(28-18(19)11-14)17-8-4-5-9-25-17/h4-5,8-13,20,28H,1-3,6-7,24H2,(H,27,31)(H,29,30)/t20-/m1/s1. The summed E-state index contributed by atoms with van der Waals surface area (Å²) in [4.78, 5) is 33.3. The highest BCUT2D eigenvalue weighted by Gasteiger charge is 2.27. The first-order chi connectivity index (χ1) is 15.1. The van der Waals surface area contributed by atoms with Crippen LogP contribution >= 0.6 is 0 Å². The average Bonchev–Trinajstić information content (AvgIpc) is 3.08. The number of benzene rings is 1. The van der Waals surface area contributed by atoms with Crippen molar-refractivity contribution < 1.29 is 9.59 Å². The smallest absolute Gasteiger partial charge is 0.272 e. The molecule has 1 aromatic carbocycles. The summed E-state index contributed by atoms with van der Waals surface area (Å²) < 4.78 is 0. The van der Waals surface area contributed by atoms with Crippen LogP contribution in [0.4, 0.5) is 5.69 Å². The first kappa shape index (κ1) is 19.4. The number of nitrogens with zero attached hydrogens (tertiary/aromatic N) is 2. The van der Waals surface area contributed by atoms with Gasteiger partial charge in [-0.05, 0) is 43.0 Å². The number of carbonyl (C=O) groups is 2. The van der Waals surface area contributed by atoms with Gasteiger partial charge in [0.25, 0.3) is 5.91 Å². The highest BCUT2D eigenvalue weighted by Crippen LogP contribution is 2.34. The van der Waals surface area contributed by atoms with Gasteiger partial charge in [0.1, 0.15) is 0 Å². The number of hydrogen-bond acceptors (Lipinski definition) is 5. The number of amides is 2. The van der Waals surface area contributed by atoms with Gasteiger partial charge in [0.15, 0.2) is 0 Å². The fourth-order valence-electron chi connectivity index (χ4n) is 4.60. The van der Waals surface area contributed by atoms with Gasteiger partial charge in [-0.15, -0.1) is 0 Å². The molecule has 158 valence electrons. The van der Waals surface area contributed by atoms with Crippen LogP contribution in [0, 0.1) is 5.92 Å². The van der Waals surface area contributed by atoms with E-state index in [9.17, 15) is 9.59 Å². The lowest BCUT2D eigenvalue weighted by molar-refractivity contribution is -0.118. The van der Waals surface area contributed by atoms with Crippen LogP contribution in [0.25, 0.3) is 22.3 Å². The molecule has 2 aromatic heterocycles. The summed E-state index contributed by atoms with van der Waals surface area (Å²) in [6.07, 6.45) is 8.72. The summed E-state index contributed by atoms with van der Waals surface area (Å²) in [6, 6.07) is 8.58. The van der Waals surface area contributed by atoms with E-state index in [1.54, 1.807) is 18.5 Å². The number of rotatable bonds is 4. The van der Waals surface area contributed by atoms with Gasteiger partial charge in [0, 0.05) is 28.4 Å². The van der Waals surface area contributed by atoms with Gasteiger partial charge >= 0.3 is 0 Å². The Labute approximate surface area is 179 Å². The van der Waals surface area contributed by atoms with Crippen LogP contribution in [-0.4, -0.2) is 34.0 Å². The Bertz CT molecular complexity index is 1180. The molecule has 1 saturated carbocycles. The van der Waals surface area contributed by atoms with Crippen LogP contribution in [0.5, 0.6) is 0 Å². The number of H-pyrrole nitrogens is 1. The minimum absolute atomic E-state index is 0.198. The van der Waals surface area contributed by atoms with Crippen LogP contribution in [-0.2, 0) is 4.79 Å². The number of hydrogen-bond donors (Lipinski definition) is 4. The van der Waals surface area contributed by atoms with E-state index in [-0.39, 0.29) is 17.7 Å². The topological polar surface area (TPSA) is 125 Å². The van der Waals surface area contributed by atoms with Gasteiger partial charge in [-0.25, -0.2) is 5.43 Å². The van der Waals surface area contributed by atoms with E-state index in [1.165, 1.54) is 6.42 Å². The third-order valence-electron chi connectivity index (χ3n) is 6.19. The second kappa shape index (κ2) is 7.96. The second-order valence-corrected chi connectivity index (χ2v) is 8.19. The predicted molar refractivity (Wildman–Crippen MR) is 120 cm³/mol. The monoisotopic (exact) mass is 416 g/mol. The number of carbonyl (C=O) groups excluding carboxylic acids is 2. The van der Waals surface area contributed by atoms with Crippen molar-refractivity contribution in [3.05, 3.63) is 47.7 Å². The zero-order valence-electron chi connectivity index (χ0n) is 17.0. The SMILES string of the molecule is N[C@@H](C(=O)Nc1cc2c3c(c(-c4ccccn4)[nH]c3c1)C=NNC2=O)C1CCCCC1. The Morgan fingerprint density at radius 2 is 2.03 bits per heavy atom. The van der Waals surface area contributed by atoms with Crippen molar-refractivity contribution in [1.29, 1.82) is 0 Å². The Kier molecular flexibility index (Phi) is 4.99. The van der Waals surface area contributed by atoms with E-state index in [1.807, 2.05) is 24.3 Å². The van der Waals surface area contributed by atoms with Gasteiger partial charge in [0.05, 0.1) is 29.2 Å². The van der Waals surface area contributed by atoms with E-state index in [4.69, 9.17) is 5.73 Å². The maximum absolute atomic E-state index is 12.8. The highest BCUT2D eigenvalue weighted by molar-refractivity contribution is 6.18. The molecule has 1 fully saturated rings. The maximum Gasteiger partial charge on any atom is 0.272 e. The number of pyridine rings is 1. The van der Waals surface area contributed by atoms with Crippen molar-refractivity contribution in [2.75, 3.05) is 5.32 Å². The lowest BCUT2D eigenvalue weighted by Gasteiger charge is -2.26. The molecule has 0 saturated heterocycles. The molecule has 5 rings (SSSR count). The molecule has 0 bridgehead atoms. The molecule has 5 N–H and O–H groups in total. The number of nitrogens with two attached hydrogens (primary N) is 1. The Hall–Kier alpha value is -3.52. The Morgan fingerprint density at radius 3 is 2.81 bits per heavy atom. The largest absolute Gasteiger partial charge is 0.353 e. The number of aromatic amines is 1. The molecule has 31 heavy (non-hydrogen) atoms. The first-order valence-electron chi connectivity index (χ1n) is 10.6. The molecular formula is C23H24N6O2. The summed E-state index contributed by atoms with van der Waals surface area (Å²) in [5.41, 5.74) is 12.8. The zero-order chi connectivity index (χ0) is 21.4. The van der Waals surface area contributed by atoms with E-state index in [0.717, 1.165) is 53.5 Å². The van der Waals surface area contributed by atoms with E-state index in [0.29, 0.717) is 11.3 Å². The summed E-state index contributed by atoms with van der Waals surface area (Å²) in [5.74, 6) is -0.358. The molecular weight excluding hydrogens is 392 g/mol. The fourth-order valence-corrected chi connectivity index (χ4v) is 4.60. The first-order valence-corrected chi connectivity index (χ1v) is 10.6. The van der Waals surface area contributed by atoms with Crippen LogP contribution in [0.1, 0.15) is 48.0 Å². The number of hydrazone groups is 1. The molecule has 1 aliphatic heterocycles. The molecule has 3 aromatic rings. The third kappa shape index (κ3) is 3.59. The summed E-state index contributed by atoms with van der Waals surface area (Å²) in [5, 5.41) is 7.71. The van der Waals surface area contributed by atoms with Gasteiger partial charge in [0.2, 0.25) is 5.91 Å². The Balaban J connectivity index is 1.53. The quantitative estimate of drug-likeness (QED) is 0.521. The van der Waals surface area contributed by atoms with Crippen LogP contribution in [0.2, 0.25) is 0 Å². The van der Waals surface area contributed by atoms with Crippen LogP contribution in [0.15, 0.2) is 41.6 Å². The van der Waals surface area contributed by atoms with Gasteiger partial charge < -0.3 is 16.0 Å². The van der Waals surface area contributed by atoms with Gasteiger partial charge in [-0.3, -0.25) is 14.6 Å². The van der Waals surface area contributed by atoms with E-state index in [2.05, 4.69) is 25.8 Å². The van der Waals surface area contributed by atoms with Crippen molar-refractivity contribution in [2.45, 2.75) is 38.1 Å². The van der Waals surface area contributed by atoms with Crippen molar-refractivity contribution in [3.63, 3.8) is 0 Å². The van der Waals surface area contributed by atoms with Gasteiger partial charge in [-0.1, -0.05) is 25.3 Å². The van der Waals surface area contributed by atoms with Crippen molar-refractivity contribution in [2.24, 2.45) is 16.8 Å². The zero-order valence-corrected chi connectivity index (χ0v) is 17.0. The molecule has 2 aliphatic rings. The van der Waals surface area contributed by atoms with Crippen molar-refractivity contribution >= 4 is 34.6 Å². The molecule has 1 aliphatic carbocycles. The second-order valence-electron chi connectivity index (χ2n) is 8.19. The lowest BCUT2D eigenvalue weighted by atomic mass is 9.84. The Morgan fingerprint density at radius 1 is 1.19 bits per heavy atom. The van der Waals surface area contributed by atoms with Crippen LogP contribution in [0.3, 0.4) is 0 Å². The molecule has 8 heteroatoms. The molecule has 0 radical (unpaired) electrons. The van der Waals surface area contributed by atoms with Crippen LogP contribution < -0.4 is 16.5 Å². The molecule has 0 unspecified atom stereocenters. The van der Waals surface area contributed by atoms with Crippen molar-refractivity contribution in [3.8, 4) is 11.4 Å². The number of aromatic nitrogens is 2. The van der Waals surface area contributed by atoms with Crippen molar-refractivity contribution in [1.82, 2.24) is 15.4 Å². The molecule has 2 amide bonds.